The van der Waals surface area contributed by atoms with Crippen LogP contribution in [0, 0.1) is 0 Å². The average Bonchev–Trinajstić information content (AvgIpc) is 3.18. The first-order valence-electron chi connectivity index (χ1n) is 11.4. The van der Waals surface area contributed by atoms with Crippen LogP contribution in [-0.4, -0.2) is 74.7 Å². The average molecular weight is 465 g/mol. The van der Waals surface area contributed by atoms with Gasteiger partial charge in [-0.15, -0.1) is 0 Å². The second-order valence-corrected chi connectivity index (χ2v) is 9.39. The van der Waals surface area contributed by atoms with Gasteiger partial charge in [-0.05, 0) is 39.0 Å². The van der Waals surface area contributed by atoms with Gasteiger partial charge in [0.25, 0.3) is 5.91 Å². The molecule has 0 radical (unpaired) electrons. The van der Waals surface area contributed by atoms with Gasteiger partial charge in [-0.1, -0.05) is 0 Å². The lowest BCUT2D eigenvalue weighted by molar-refractivity contribution is 0.0240. The topological polar surface area (TPSA) is 118 Å². The van der Waals surface area contributed by atoms with Crippen LogP contribution < -0.4 is 15.5 Å². The molecular formula is C23H28N8O3. The molecule has 34 heavy (non-hydrogen) atoms. The van der Waals surface area contributed by atoms with Crippen LogP contribution in [0.2, 0.25) is 0 Å². The second-order valence-electron chi connectivity index (χ2n) is 9.39. The quantitative estimate of drug-likeness (QED) is 0.607. The van der Waals surface area contributed by atoms with Crippen molar-refractivity contribution in [2.45, 2.75) is 32.9 Å². The summed E-state index contributed by atoms with van der Waals surface area (Å²) in [5, 5.41) is 6.81. The maximum atomic E-state index is 12.3. The number of carbonyl (C=O) groups is 2. The number of hydrogen-bond donors (Lipinski definition) is 2. The first-order valence-corrected chi connectivity index (χ1v) is 11.4. The number of rotatable bonds is 3. The lowest BCUT2D eigenvalue weighted by Gasteiger charge is -2.36. The predicted octanol–water partition coefficient (Wildman–Crippen LogP) is 2.37. The Morgan fingerprint density at radius 2 is 1.88 bits per heavy atom. The maximum absolute atomic E-state index is 12.3. The minimum Gasteiger partial charge on any atom is -0.444 e. The molecule has 0 bridgehead atoms. The Bertz CT molecular complexity index is 1220. The van der Waals surface area contributed by atoms with Crippen molar-refractivity contribution >= 4 is 40.5 Å². The van der Waals surface area contributed by atoms with Crippen LogP contribution in [0.4, 0.5) is 22.2 Å². The molecule has 2 amide bonds. The van der Waals surface area contributed by atoms with Gasteiger partial charge in [-0.25, -0.2) is 14.8 Å². The number of amides is 2. The smallest absolute Gasteiger partial charge is 0.410 e. The summed E-state index contributed by atoms with van der Waals surface area (Å²) in [4.78, 5) is 41.7. The van der Waals surface area contributed by atoms with Crippen LogP contribution >= 0.6 is 0 Å². The van der Waals surface area contributed by atoms with E-state index in [4.69, 9.17) is 4.74 Å². The van der Waals surface area contributed by atoms with Crippen LogP contribution in [0.1, 0.15) is 31.3 Å². The number of nitrogens with one attached hydrogen (secondary N) is 2. The van der Waals surface area contributed by atoms with E-state index in [0.717, 1.165) is 16.7 Å². The lowest BCUT2D eigenvalue weighted by Crippen LogP contribution is -2.50. The number of nitrogens with zero attached hydrogens (tertiary/aromatic N) is 6. The fourth-order valence-electron chi connectivity index (χ4n) is 4.12. The molecule has 0 aromatic carbocycles. The summed E-state index contributed by atoms with van der Waals surface area (Å²) in [7, 11) is 0. The molecule has 0 unspecified atom stereocenters. The summed E-state index contributed by atoms with van der Waals surface area (Å²) >= 11 is 0. The van der Waals surface area contributed by atoms with E-state index >= 15 is 0 Å². The van der Waals surface area contributed by atoms with E-state index in [1.165, 1.54) is 0 Å². The van der Waals surface area contributed by atoms with Gasteiger partial charge in [-0.3, -0.25) is 4.79 Å². The van der Waals surface area contributed by atoms with Crippen molar-refractivity contribution in [1.29, 1.82) is 0 Å². The van der Waals surface area contributed by atoms with E-state index in [0.29, 0.717) is 56.7 Å². The van der Waals surface area contributed by atoms with Crippen LogP contribution in [0.15, 0.2) is 30.6 Å². The monoisotopic (exact) mass is 464 g/mol. The molecule has 0 aliphatic carbocycles. The summed E-state index contributed by atoms with van der Waals surface area (Å²) in [5.41, 5.74) is 1.81. The maximum Gasteiger partial charge on any atom is 0.410 e. The van der Waals surface area contributed by atoms with Crippen molar-refractivity contribution in [1.82, 2.24) is 29.7 Å². The highest BCUT2D eigenvalue weighted by Gasteiger charge is 2.26. The molecule has 2 N–H and O–H groups in total. The Morgan fingerprint density at radius 1 is 1.09 bits per heavy atom. The number of anilines is 3. The van der Waals surface area contributed by atoms with Crippen molar-refractivity contribution < 1.29 is 14.3 Å². The summed E-state index contributed by atoms with van der Waals surface area (Å²) in [6.45, 7) is 9.49. The summed E-state index contributed by atoms with van der Waals surface area (Å²) in [6, 6.07) is 5.67. The standard InChI is InChI=1S/C23H28N8O3/c1-23(2,3)34-22(33)30-10-8-29(9-11-30)16-4-5-18(25-14-16)27-21-26-13-15-12-17-20(32)24-6-7-31(17)19(15)28-21/h4-5,12-14H,6-11H2,1-3H3,(H,24,32)(H,25,26,27,28). The Morgan fingerprint density at radius 3 is 2.59 bits per heavy atom. The van der Waals surface area contributed by atoms with E-state index in [1.807, 2.05) is 43.5 Å². The number of ether oxygens (including phenoxy) is 1. The largest absolute Gasteiger partial charge is 0.444 e. The molecule has 11 heteroatoms. The van der Waals surface area contributed by atoms with E-state index in [-0.39, 0.29) is 12.0 Å². The summed E-state index contributed by atoms with van der Waals surface area (Å²) in [6.07, 6.45) is 3.24. The summed E-state index contributed by atoms with van der Waals surface area (Å²) < 4.78 is 7.37. The van der Waals surface area contributed by atoms with Crippen molar-refractivity contribution in [3.05, 3.63) is 36.3 Å². The molecule has 0 atom stereocenters. The van der Waals surface area contributed by atoms with E-state index in [9.17, 15) is 9.59 Å². The van der Waals surface area contributed by atoms with Crippen LogP contribution in [0.5, 0.6) is 0 Å². The molecule has 1 saturated heterocycles. The highest BCUT2D eigenvalue weighted by molar-refractivity contribution is 5.98. The highest BCUT2D eigenvalue weighted by atomic mass is 16.6. The first-order chi connectivity index (χ1) is 16.3. The second kappa shape index (κ2) is 8.47. The third-order valence-electron chi connectivity index (χ3n) is 5.77. The SMILES string of the molecule is CC(C)(C)OC(=O)N1CCN(c2ccc(Nc3ncc4cc5n(c4n3)CCNC5=O)nc2)CC1. The van der Waals surface area contributed by atoms with Gasteiger partial charge in [0.1, 0.15) is 22.8 Å². The zero-order valence-corrected chi connectivity index (χ0v) is 19.5. The molecule has 11 nitrogen and oxygen atoms in total. The Hall–Kier alpha value is -3.89. The Labute approximate surface area is 197 Å². The van der Waals surface area contributed by atoms with Crippen molar-refractivity contribution in [2.75, 3.05) is 42.9 Å². The molecule has 3 aromatic rings. The van der Waals surface area contributed by atoms with Gasteiger partial charge < -0.3 is 29.7 Å². The molecule has 3 aromatic heterocycles. The first kappa shape index (κ1) is 21.9. The highest BCUT2D eigenvalue weighted by Crippen LogP contribution is 2.23. The number of aromatic nitrogens is 4. The van der Waals surface area contributed by atoms with Gasteiger partial charge in [0.2, 0.25) is 5.95 Å². The molecule has 5 rings (SSSR count). The Kier molecular flexibility index (Phi) is 5.46. The van der Waals surface area contributed by atoms with Gasteiger partial charge in [0.15, 0.2) is 0 Å². The third kappa shape index (κ3) is 4.45. The molecule has 1 fully saturated rings. The number of carbonyl (C=O) groups excluding carboxylic acids is 2. The van der Waals surface area contributed by atoms with Crippen molar-refractivity contribution in [2.24, 2.45) is 0 Å². The van der Waals surface area contributed by atoms with Crippen LogP contribution in [0.3, 0.4) is 0 Å². The van der Waals surface area contributed by atoms with Gasteiger partial charge in [0.05, 0.1) is 11.9 Å². The van der Waals surface area contributed by atoms with Gasteiger partial charge in [-0.2, -0.15) is 4.98 Å². The molecule has 2 aliphatic heterocycles. The van der Waals surface area contributed by atoms with Crippen LogP contribution in [0.25, 0.3) is 11.0 Å². The summed E-state index contributed by atoms with van der Waals surface area (Å²) in [5.74, 6) is 0.951. The number of fused-ring (bicyclic) bond motifs is 3. The minimum atomic E-state index is -0.495. The number of hydrogen-bond acceptors (Lipinski definition) is 8. The zero-order valence-electron chi connectivity index (χ0n) is 19.5. The van der Waals surface area contributed by atoms with E-state index in [1.54, 1.807) is 17.3 Å². The fraction of sp³-hybridized carbons (Fsp3) is 0.435. The number of pyridine rings is 1. The van der Waals surface area contributed by atoms with Gasteiger partial charge in [0, 0.05) is 50.9 Å². The van der Waals surface area contributed by atoms with Gasteiger partial charge >= 0.3 is 6.09 Å². The lowest BCUT2D eigenvalue weighted by atomic mass is 10.2. The molecule has 0 saturated carbocycles. The molecule has 0 spiro atoms. The molecule has 178 valence electrons. The van der Waals surface area contributed by atoms with Crippen LogP contribution in [-0.2, 0) is 11.3 Å². The van der Waals surface area contributed by atoms with Crippen molar-refractivity contribution in [3.63, 3.8) is 0 Å². The third-order valence-corrected chi connectivity index (χ3v) is 5.77. The Balaban J connectivity index is 1.23. The fourth-order valence-corrected chi connectivity index (χ4v) is 4.12. The molecular weight excluding hydrogens is 436 g/mol. The minimum absolute atomic E-state index is 0.0945. The van der Waals surface area contributed by atoms with Crippen molar-refractivity contribution in [3.8, 4) is 0 Å². The normalized spacial score (nSPS) is 16.3. The zero-order chi connectivity index (χ0) is 23.9. The molecule has 2 aliphatic rings. The number of piperazine rings is 1. The molecule has 5 heterocycles. The van der Waals surface area contributed by atoms with E-state index < -0.39 is 5.60 Å². The predicted molar refractivity (Wildman–Crippen MR) is 127 cm³/mol. The van der Waals surface area contributed by atoms with E-state index in [2.05, 4.69) is 30.5 Å².